The number of nitrogens with zero attached hydrogens (tertiary/aromatic N) is 1. The summed E-state index contributed by atoms with van der Waals surface area (Å²) in [6, 6.07) is 5.49. The van der Waals surface area contributed by atoms with Gasteiger partial charge in [-0.05, 0) is 37.4 Å². The Kier molecular flexibility index (Phi) is 5.95. The van der Waals surface area contributed by atoms with Gasteiger partial charge >= 0.3 is 0 Å². The van der Waals surface area contributed by atoms with Gasteiger partial charge in [-0.2, -0.15) is 0 Å². The molecule has 0 atom stereocenters. The van der Waals surface area contributed by atoms with Gasteiger partial charge in [-0.1, -0.05) is 37.6 Å². The molecule has 1 N–H and O–H groups in total. The molecule has 1 aliphatic rings. The molecule has 3 heteroatoms. The van der Waals surface area contributed by atoms with E-state index in [1.807, 2.05) is 12.1 Å². The first kappa shape index (κ1) is 16.2. The summed E-state index contributed by atoms with van der Waals surface area (Å²) in [6.45, 7) is 11.0. The number of benzene rings is 1. The molecule has 1 heterocycles. The zero-order valence-electron chi connectivity index (χ0n) is 13.5. The zero-order valence-corrected chi connectivity index (χ0v) is 13.5. The van der Waals surface area contributed by atoms with E-state index in [1.165, 1.54) is 5.57 Å². The third kappa shape index (κ3) is 5.25. The lowest BCUT2D eigenvalue weighted by Gasteiger charge is -2.25. The van der Waals surface area contributed by atoms with E-state index in [0.29, 0.717) is 12.5 Å². The summed E-state index contributed by atoms with van der Waals surface area (Å²) in [5.74, 6) is 0.544. The van der Waals surface area contributed by atoms with E-state index in [2.05, 4.69) is 37.1 Å². The van der Waals surface area contributed by atoms with Crippen LogP contribution in [-0.4, -0.2) is 24.5 Å². The topological polar surface area (TPSA) is 15.3 Å². The van der Waals surface area contributed by atoms with Crippen LogP contribution in [0, 0.1) is 11.7 Å². The number of rotatable bonds is 6. The lowest BCUT2D eigenvalue weighted by Crippen LogP contribution is -2.28. The van der Waals surface area contributed by atoms with Gasteiger partial charge in [-0.15, -0.1) is 0 Å². The maximum Gasteiger partial charge on any atom is 0.127 e. The summed E-state index contributed by atoms with van der Waals surface area (Å²) in [6.07, 6.45) is 3.34. The molecular formula is C18H27FN2. The first-order valence-corrected chi connectivity index (χ1v) is 7.90. The first-order chi connectivity index (χ1) is 10.0. The predicted octanol–water partition coefficient (Wildman–Crippen LogP) is 3.72. The molecule has 0 saturated heterocycles. The van der Waals surface area contributed by atoms with Crippen molar-refractivity contribution in [3.8, 4) is 0 Å². The third-order valence-electron chi connectivity index (χ3n) is 3.91. The lowest BCUT2D eigenvalue weighted by atomic mass is 10.1. The minimum atomic E-state index is -0.0890. The van der Waals surface area contributed by atoms with Crippen molar-refractivity contribution in [2.45, 2.75) is 40.3 Å². The number of nitrogens with one attached hydrogen (secondary N) is 1. The largest absolute Gasteiger partial charge is 0.312 e. The van der Waals surface area contributed by atoms with E-state index in [-0.39, 0.29) is 5.82 Å². The van der Waals surface area contributed by atoms with Crippen molar-refractivity contribution in [2.75, 3.05) is 19.6 Å². The van der Waals surface area contributed by atoms with Crippen LogP contribution in [0.1, 0.15) is 38.3 Å². The molecule has 1 aliphatic heterocycles. The molecule has 2 nitrogen and oxygen atoms in total. The second-order valence-corrected chi connectivity index (χ2v) is 6.49. The van der Waals surface area contributed by atoms with Gasteiger partial charge in [-0.25, -0.2) is 4.39 Å². The van der Waals surface area contributed by atoms with Crippen molar-refractivity contribution in [3.63, 3.8) is 0 Å². The van der Waals surface area contributed by atoms with E-state index < -0.39 is 0 Å². The van der Waals surface area contributed by atoms with Gasteiger partial charge in [0.25, 0.3) is 0 Å². The van der Waals surface area contributed by atoms with Crippen molar-refractivity contribution in [3.05, 3.63) is 46.8 Å². The summed E-state index contributed by atoms with van der Waals surface area (Å²) in [5, 5.41) is 3.41. The summed E-state index contributed by atoms with van der Waals surface area (Å²) < 4.78 is 14.0. The first-order valence-electron chi connectivity index (χ1n) is 7.90. The Morgan fingerprint density at radius 1 is 1.33 bits per heavy atom. The number of hydrogen-bond donors (Lipinski definition) is 1. The van der Waals surface area contributed by atoms with E-state index in [1.54, 1.807) is 6.07 Å². The van der Waals surface area contributed by atoms with Crippen LogP contribution >= 0.6 is 0 Å². The van der Waals surface area contributed by atoms with Crippen LogP contribution in [0.3, 0.4) is 0 Å². The van der Waals surface area contributed by atoms with Gasteiger partial charge in [-0.3, -0.25) is 4.90 Å². The Morgan fingerprint density at radius 2 is 2.14 bits per heavy atom. The van der Waals surface area contributed by atoms with Crippen molar-refractivity contribution >= 4 is 0 Å². The molecule has 0 amide bonds. The maximum absolute atomic E-state index is 14.0. The van der Waals surface area contributed by atoms with Crippen molar-refractivity contribution in [2.24, 2.45) is 5.92 Å². The quantitative estimate of drug-likeness (QED) is 0.803. The molecule has 0 spiro atoms. The molecule has 0 radical (unpaired) electrons. The highest BCUT2D eigenvalue weighted by Crippen LogP contribution is 2.17. The predicted molar refractivity (Wildman–Crippen MR) is 86.6 cm³/mol. The Hall–Kier alpha value is -1.19. The van der Waals surface area contributed by atoms with E-state index >= 15 is 0 Å². The van der Waals surface area contributed by atoms with Crippen LogP contribution in [0.15, 0.2) is 29.8 Å². The van der Waals surface area contributed by atoms with Gasteiger partial charge in [0.05, 0.1) is 0 Å². The molecule has 0 aliphatic carbocycles. The minimum absolute atomic E-state index is 0.0890. The Labute approximate surface area is 128 Å². The highest BCUT2D eigenvalue weighted by molar-refractivity contribution is 5.25. The van der Waals surface area contributed by atoms with Gasteiger partial charge in [0.2, 0.25) is 0 Å². The average molecular weight is 290 g/mol. The fourth-order valence-corrected chi connectivity index (χ4v) is 2.56. The van der Waals surface area contributed by atoms with Crippen LogP contribution in [0.2, 0.25) is 0 Å². The average Bonchev–Trinajstić information content (AvgIpc) is 2.44. The van der Waals surface area contributed by atoms with Crippen LogP contribution in [0.5, 0.6) is 0 Å². The summed E-state index contributed by atoms with van der Waals surface area (Å²) in [5.41, 5.74) is 3.42. The van der Waals surface area contributed by atoms with Crippen molar-refractivity contribution < 1.29 is 4.39 Å². The smallest absolute Gasteiger partial charge is 0.127 e. The van der Waals surface area contributed by atoms with E-state index in [4.69, 9.17) is 0 Å². The normalized spacial score (nSPS) is 16.3. The molecule has 2 rings (SSSR count). The van der Waals surface area contributed by atoms with Gasteiger partial charge < -0.3 is 5.32 Å². The SMILES string of the molecule is CC1=CCN(Cc2cc(CNCC(C)C)ccc2F)CC1. The molecule has 0 unspecified atom stereocenters. The Morgan fingerprint density at radius 3 is 2.81 bits per heavy atom. The number of halogens is 1. The maximum atomic E-state index is 14.0. The molecule has 0 saturated carbocycles. The number of hydrogen-bond acceptors (Lipinski definition) is 2. The minimum Gasteiger partial charge on any atom is -0.312 e. The van der Waals surface area contributed by atoms with Crippen molar-refractivity contribution in [1.82, 2.24) is 10.2 Å². The molecule has 1 aromatic rings. The molecular weight excluding hydrogens is 263 g/mol. The van der Waals surface area contributed by atoms with Crippen molar-refractivity contribution in [1.29, 1.82) is 0 Å². The standard InChI is InChI=1S/C18H27FN2/c1-14(2)11-20-12-16-4-5-18(19)17(10-16)13-21-8-6-15(3)7-9-21/h4-6,10,14,20H,7-9,11-13H2,1-3H3. The molecule has 21 heavy (non-hydrogen) atoms. The monoisotopic (exact) mass is 290 g/mol. The fraction of sp³-hybridized carbons (Fsp3) is 0.556. The Bertz CT molecular complexity index is 494. The van der Waals surface area contributed by atoms with E-state index in [9.17, 15) is 4.39 Å². The molecule has 116 valence electrons. The van der Waals surface area contributed by atoms with Crippen LogP contribution in [0.25, 0.3) is 0 Å². The zero-order chi connectivity index (χ0) is 15.2. The summed E-state index contributed by atoms with van der Waals surface area (Å²) >= 11 is 0. The second-order valence-electron chi connectivity index (χ2n) is 6.49. The van der Waals surface area contributed by atoms with Gasteiger partial charge in [0.15, 0.2) is 0 Å². The Balaban J connectivity index is 1.95. The van der Waals surface area contributed by atoms with Crippen LogP contribution in [-0.2, 0) is 13.1 Å². The van der Waals surface area contributed by atoms with Gasteiger partial charge in [0, 0.05) is 31.7 Å². The van der Waals surface area contributed by atoms with Crippen LogP contribution < -0.4 is 5.32 Å². The van der Waals surface area contributed by atoms with Gasteiger partial charge in [0.1, 0.15) is 5.82 Å². The van der Waals surface area contributed by atoms with E-state index in [0.717, 1.165) is 43.7 Å². The summed E-state index contributed by atoms with van der Waals surface area (Å²) in [4.78, 5) is 2.30. The molecule has 0 aromatic heterocycles. The van der Waals surface area contributed by atoms with Crippen LogP contribution in [0.4, 0.5) is 4.39 Å². The fourth-order valence-electron chi connectivity index (χ4n) is 2.56. The molecule has 1 aromatic carbocycles. The second kappa shape index (κ2) is 7.71. The molecule has 0 fully saturated rings. The third-order valence-corrected chi connectivity index (χ3v) is 3.91. The summed E-state index contributed by atoms with van der Waals surface area (Å²) in [7, 11) is 0. The lowest BCUT2D eigenvalue weighted by molar-refractivity contribution is 0.281. The highest BCUT2D eigenvalue weighted by Gasteiger charge is 2.12. The molecule has 0 bridgehead atoms. The highest BCUT2D eigenvalue weighted by atomic mass is 19.1.